The largest absolute Gasteiger partial charge is 0.493 e. The molecule has 0 amide bonds. The van der Waals surface area contributed by atoms with E-state index in [1.807, 2.05) is 30.3 Å². The molecule has 7 heteroatoms. The zero-order valence-corrected chi connectivity index (χ0v) is 13.4. The number of non-ortho nitro benzene ring substituents is 1. The van der Waals surface area contributed by atoms with Crippen molar-refractivity contribution >= 4 is 5.69 Å². The molecule has 2 heterocycles. The molecule has 1 saturated heterocycles. The number of benzene rings is 2. The van der Waals surface area contributed by atoms with Crippen molar-refractivity contribution < 1.29 is 19.6 Å². The number of nitro benzene ring substituents is 1. The molecule has 2 aliphatic rings. The molecule has 2 aromatic carbocycles. The molecule has 0 saturated carbocycles. The van der Waals surface area contributed by atoms with Crippen LogP contribution in [0, 0.1) is 16.0 Å². The van der Waals surface area contributed by atoms with Crippen LogP contribution in [0.15, 0.2) is 48.5 Å². The fourth-order valence-corrected chi connectivity index (χ4v) is 3.59. The van der Waals surface area contributed by atoms with Crippen LogP contribution in [0.3, 0.4) is 0 Å². The number of hydrogen-bond donors (Lipinski definition) is 1. The van der Waals surface area contributed by atoms with Crippen LogP contribution < -0.4 is 4.74 Å². The van der Waals surface area contributed by atoms with E-state index in [2.05, 4.69) is 0 Å². The summed E-state index contributed by atoms with van der Waals surface area (Å²) >= 11 is 0. The van der Waals surface area contributed by atoms with Gasteiger partial charge in [-0.1, -0.05) is 30.3 Å². The number of hydrogen-bond acceptors (Lipinski definition) is 6. The number of aliphatic hydroxyl groups is 1. The standard InChI is InChI=1S/C18H18N2O5/c21-9-16(12-4-2-1-3-5-12)19-18-13(11-25-19)10-24-17-7-6-14(20(22)23)8-15(17)18/h1-8,13,16,18,21H,9-11H2/t13-,16+,18+/m1/s1. The van der Waals surface area contributed by atoms with Gasteiger partial charge in [-0.15, -0.1) is 0 Å². The number of nitro groups is 1. The summed E-state index contributed by atoms with van der Waals surface area (Å²) in [6.45, 7) is 0.827. The van der Waals surface area contributed by atoms with Gasteiger partial charge >= 0.3 is 0 Å². The maximum Gasteiger partial charge on any atom is 0.270 e. The molecule has 4 rings (SSSR count). The highest BCUT2D eigenvalue weighted by atomic mass is 16.7. The second kappa shape index (κ2) is 6.44. The van der Waals surface area contributed by atoms with Crippen LogP contribution in [0.25, 0.3) is 0 Å². The van der Waals surface area contributed by atoms with Crippen molar-refractivity contribution in [1.29, 1.82) is 0 Å². The first-order valence-electron chi connectivity index (χ1n) is 8.17. The van der Waals surface area contributed by atoms with Gasteiger partial charge in [0.2, 0.25) is 0 Å². The van der Waals surface area contributed by atoms with Crippen LogP contribution in [0.4, 0.5) is 5.69 Å². The number of hydroxylamine groups is 2. The average Bonchev–Trinajstić information content (AvgIpc) is 3.07. The fraction of sp³-hybridized carbons (Fsp3) is 0.333. The Balaban J connectivity index is 1.74. The summed E-state index contributed by atoms with van der Waals surface area (Å²) in [5.41, 5.74) is 1.69. The number of fused-ring (bicyclic) bond motifs is 3. The molecule has 0 spiro atoms. The minimum absolute atomic E-state index is 0.0232. The second-order valence-electron chi connectivity index (χ2n) is 6.26. The van der Waals surface area contributed by atoms with Gasteiger partial charge in [0.05, 0.1) is 36.8 Å². The Morgan fingerprint density at radius 1 is 1.24 bits per heavy atom. The molecule has 1 N–H and O–H groups in total. The summed E-state index contributed by atoms with van der Waals surface area (Å²) < 4.78 is 5.75. The fourth-order valence-electron chi connectivity index (χ4n) is 3.59. The highest BCUT2D eigenvalue weighted by Gasteiger charge is 2.45. The van der Waals surface area contributed by atoms with Gasteiger partial charge in [-0.05, 0) is 11.6 Å². The Morgan fingerprint density at radius 2 is 2.04 bits per heavy atom. The van der Waals surface area contributed by atoms with Gasteiger partial charge in [-0.25, -0.2) is 0 Å². The number of ether oxygens (including phenoxy) is 1. The normalized spacial score (nSPS) is 23.4. The quantitative estimate of drug-likeness (QED) is 0.679. The Hall–Kier alpha value is -2.48. The predicted molar refractivity (Wildman–Crippen MR) is 88.9 cm³/mol. The van der Waals surface area contributed by atoms with Gasteiger partial charge in [0.1, 0.15) is 5.75 Å². The van der Waals surface area contributed by atoms with Crippen LogP contribution in [-0.2, 0) is 4.84 Å². The van der Waals surface area contributed by atoms with Crippen molar-refractivity contribution in [3.05, 3.63) is 69.8 Å². The molecule has 1 fully saturated rings. The number of aliphatic hydroxyl groups excluding tert-OH is 1. The Bertz CT molecular complexity index is 782. The highest BCUT2D eigenvalue weighted by molar-refractivity contribution is 5.47. The molecule has 0 radical (unpaired) electrons. The van der Waals surface area contributed by atoms with Crippen LogP contribution in [0.5, 0.6) is 5.75 Å². The second-order valence-corrected chi connectivity index (χ2v) is 6.26. The highest BCUT2D eigenvalue weighted by Crippen LogP contribution is 2.47. The third-order valence-electron chi connectivity index (χ3n) is 4.80. The van der Waals surface area contributed by atoms with E-state index >= 15 is 0 Å². The molecule has 2 aliphatic heterocycles. The SMILES string of the molecule is O=[N+]([O-])c1ccc2c(c1)[C@@H]1[C@H](CO2)CON1[C@@H](CO)c1ccccc1. The lowest BCUT2D eigenvalue weighted by Crippen LogP contribution is -2.35. The maximum absolute atomic E-state index is 11.2. The van der Waals surface area contributed by atoms with Gasteiger partial charge < -0.3 is 9.84 Å². The molecule has 7 nitrogen and oxygen atoms in total. The van der Waals surface area contributed by atoms with E-state index in [0.29, 0.717) is 19.0 Å². The monoisotopic (exact) mass is 342 g/mol. The average molecular weight is 342 g/mol. The Kier molecular flexibility index (Phi) is 4.12. The first-order chi connectivity index (χ1) is 12.2. The Morgan fingerprint density at radius 3 is 2.76 bits per heavy atom. The lowest BCUT2D eigenvalue weighted by Gasteiger charge is -2.35. The van der Waals surface area contributed by atoms with Gasteiger partial charge in [0, 0.05) is 23.6 Å². The van der Waals surface area contributed by atoms with Gasteiger partial charge in [-0.3, -0.25) is 15.0 Å². The van der Waals surface area contributed by atoms with E-state index in [-0.39, 0.29) is 30.3 Å². The molecule has 130 valence electrons. The minimum atomic E-state index is -0.412. The Labute approximate surface area is 144 Å². The number of rotatable bonds is 4. The van der Waals surface area contributed by atoms with Gasteiger partial charge in [0.15, 0.2) is 0 Å². The summed E-state index contributed by atoms with van der Waals surface area (Å²) in [6.07, 6.45) is 0. The van der Waals surface area contributed by atoms with E-state index in [1.165, 1.54) is 6.07 Å². The summed E-state index contributed by atoms with van der Waals surface area (Å²) in [5.74, 6) is 0.694. The van der Waals surface area contributed by atoms with Crippen LogP contribution in [0.2, 0.25) is 0 Å². The molecular weight excluding hydrogens is 324 g/mol. The van der Waals surface area contributed by atoms with E-state index in [1.54, 1.807) is 17.2 Å². The summed E-state index contributed by atoms with van der Waals surface area (Å²) in [4.78, 5) is 16.6. The number of nitrogens with zero attached hydrogens (tertiary/aromatic N) is 2. The van der Waals surface area contributed by atoms with Gasteiger partial charge in [0.25, 0.3) is 5.69 Å². The van der Waals surface area contributed by atoms with E-state index in [0.717, 1.165) is 11.1 Å². The zero-order valence-electron chi connectivity index (χ0n) is 13.4. The lowest BCUT2D eigenvalue weighted by atomic mass is 9.90. The van der Waals surface area contributed by atoms with Crippen LogP contribution in [-0.4, -0.2) is 34.9 Å². The molecule has 2 aromatic rings. The van der Waals surface area contributed by atoms with Crippen molar-refractivity contribution in [1.82, 2.24) is 5.06 Å². The molecule has 0 unspecified atom stereocenters. The summed E-state index contributed by atoms with van der Waals surface area (Å²) in [5, 5.41) is 22.9. The van der Waals surface area contributed by atoms with E-state index < -0.39 is 4.92 Å². The van der Waals surface area contributed by atoms with E-state index in [9.17, 15) is 15.2 Å². The minimum Gasteiger partial charge on any atom is -0.493 e. The van der Waals surface area contributed by atoms with Gasteiger partial charge in [-0.2, -0.15) is 5.06 Å². The lowest BCUT2D eigenvalue weighted by molar-refractivity contribution is -0.385. The van der Waals surface area contributed by atoms with Crippen LogP contribution >= 0.6 is 0 Å². The topological polar surface area (TPSA) is 85.1 Å². The third kappa shape index (κ3) is 2.76. The summed E-state index contributed by atoms with van der Waals surface area (Å²) in [7, 11) is 0. The van der Waals surface area contributed by atoms with Crippen molar-refractivity contribution in [2.24, 2.45) is 5.92 Å². The van der Waals surface area contributed by atoms with Crippen molar-refractivity contribution in [2.45, 2.75) is 12.1 Å². The zero-order chi connectivity index (χ0) is 17.4. The molecule has 0 aliphatic carbocycles. The first-order valence-corrected chi connectivity index (χ1v) is 8.17. The third-order valence-corrected chi connectivity index (χ3v) is 4.80. The van der Waals surface area contributed by atoms with E-state index in [4.69, 9.17) is 9.57 Å². The molecule has 0 aromatic heterocycles. The van der Waals surface area contributed by atoms with Crippen LogP contribution in [0.1, 0.15) is 23.2 Å². The first kappa shape index (κ1) is 16.0. The molecule has 25 heavy (non-hydrogen) atoms. The maximum atomic E-state index is 11.2. The molecular formula is C18H18N2O5. The van der Waals surface area contributed by atoms with Crippen molar-refractivity contribution in [3.8, 4) is 5.75 Å². The van der Waals surface area contributed by atoms with Crippen molar-refractivity contribution in [3.63, 3.8) is 0 Å². The predicted octanol–water partition coefficient (Wildman–Crippen LogP) is 2.63. The molecule has 0 bridgehead atoms. The summed E-state index contributed by atoms with van der Waals surface area (Å²) in [6, 6.07) is 13.7. The van der Waals surface area contributed by atoms with Crippen molar-refractivity contribution in [2.75, 3.05) is 19.8 Å². The smallest absolute Gasteiger partial charge is 0.270 e. The molecule has 3 atom stereocenters.